The Morgan fingerprint density at radius 3 is 2.54 bits per heavy atom. The van der Waals surface area contributed by atoms with E-state index >= 15 is 0 Å². The Balaban J connectivity index is 1.73. The van der Waals surface area contributed by atoms with Crippen molar-refractivity contribution in [3.8, 4) is 0 Å². The van der Waals surface area contributed by atoms with Crippen molar-refractivity contribution in [1.29, 1.82) is 0 Å². The lowest BCUT2D eigenvalue weighted by Crippen LogP contribution is -2.12. The van der Waals surface area contributed by atoms with Crippen LogP contribution in [-0.4, -0.2) is 15.9 Å². The predicted octanol–water partition coefficient (Wildman–Crippen LogP) is 4.02. The number of aromatic nitrogens is 2. The van der Waals surface area contributed by atoms with Crippen LogP contribution in [0.4, 0.5) is 5.69 Å². The number of rotatable bonds is 2. The molecule has 4 aromatic rings. The van der Waals surface area contributed by atoms with Crippen LogP contribution < -0.4 is 11.0 Å². The number of benzene rings is 3. The zero-order chi connectivity index (χ0) is 16.7. The number of carbonyl (C=O) groups is 1. The van der Waals surface area contributed by atoms with Gasteiger partial charge in [0.25, 0.3) is 5.91 Å². The van der Waals surface area contributed by atoms with E-state index in [0.717, 1.165) is 15.2 Å². The molecule has 0 aliphatic rings. The third kappa shape index (κ3) is 2.51. The van der Waals surface area contributed by atoms with E-state index in [0.29, 0.717) is 22.3 Å². The number of anilines is 1. The number of hydrogen-bond donors (Lipinski definition) is 3. The van der Waals surface area contributed by atoms with Crippen LogP contribution in [0.1, 0.15) is 10.4 Å². The van der Waals surface area contributed by atoms with Crippen molar-refractivity contribution in [2.75, 3.05) is 5.32 Å². The number of hydrogen-bond acceptors (Lipinski definition) is 2. The van der Waals surface area contributed by atoms with Gasteiger partial charge in [0.2, 0.25) is 0 Å². The molecule has 0 radical (unpaired) electrons. The van der Waals surface area contributed by atoms with E-state index in [2.05, 4.69) is 31.2 Å². The summed E-state index contributed by atoms with van der Waals surface area (Å²) in [6.45, 7) is 0. The van der Waals surface area contributed by atoms with Crippen LogP contribution in [0.25, 0.3) is 21.8 Å². The minimum atomic E-state index is -0.271. The van der Waals surface area contributed by atoms with Crippen LogP contribution in [0.3, 0.4) is 0 Å². The Kier molecular flexibility index (Phi) is 3.46. The third-order valence-corrected chi connectivity index (χ3v) is 4.58. The summed E-state index contributed by atoms with van der Waals surface area (Å²) in [6.07, 6.45) is 0. The summed E-state index contributed by atoms with van der Waals surface area (Å²) < 4.78 is 0.945. The highest BCUT2D eigenvalue weighted by molar-refractivity contribution is 9.10. The zero-order valence-electron chi connectivity index (χ0n) is 12.4. The van der Waals surface area contributed by atoms with Gasteiger partial charge in [-0.1, -0.05) is 40.2 Å². The average molecular weight is 382 g/mol. The maximum atomic E-state index is 12.7. The summed E-state index contributed by atoms with van der Waals surface area (Å²) >= 11 is 3.51. The normalized spacial score (nSPS) is 11.0. The van der Waals surface area contributed by atoms with Crippen molar-refractivity contribution in [3.63, 3.8) is 0 Å². The summed E-state index contributed by atoms with van der Waals surface area (Å²) in [5.74, 6) is -0.198. The number of amides is 1. The van der Waals surface area contributed by atoms with Gasteiger partial charge >= 0.3 is 5.69 Å². The van der Waals surface area contributed by atoms with Gasteiger partial charge in [0.05, 0.1) is 11.0 Å². The van der Waals surface area contributed by atoms with Gasteiger partial charge in [0.1, 0.15) is 0 Å². The summed E-state index contributed by atoms with van der Waals surface area (Å²) in [6, 6.07) is 16.6. The fourth-order valence-electron chi connectivity index (χ4n) is 2.78. The monoisotopic (exact) mass is 381 g/mol. The van der Waals surface area contributed by atoms with Gasteiger partial charge in [0, 0.05) is 15.7 Å². The lowest BCUT2D eigenvalue weighted by Gasteiger charge is -2.09. The maximum absolute atomic E-state index is 12.7. The van der Waals surface area contributed by atoms with E-state index in [1.54, 1.807) is 24.3 Å². The molecule has 3 aromatic carbocycles. The lowest BCUT2D eigenvalue weighted by atomic mass is 10.0. The Morgan fingerprint density at radius 1 is 0.917 bits per heavy atom. The molecule has 0 saturated carbocycles. The van der Waals surface area contributed by atoms with Gasteiger partial charge in [-0.2, -0.15) is 0 Å². The standard InChI is InChI=1S/C18H12BrN3O2/c19-14-6-2-3-11-12(14)4-1-5-13(11)17(23)20-10-7-8-15-16(9-10)22-18(24)21-15/h1-9H,(H,20,23)(H2,21,22,24). The molecule has 1 aromatic heterocycles. The summed E-state index contributed by atoms with van der Waals surface area (Å²) in [4.78, 5) is 29.3. The molecule has 0 fully saturated rings. The molecule has 6 heteroatoms. The number of H-pyrrole nitrogens is 2. The Labute approximate surface area is 144 Å². The summed E-state index contributed by atoms with van der Waals surface area (Å²) in [7, 11) is 0. The van der Waals surface area contributed by atoms with E-state index < -0.39 is 0 Å². The van der Waals surface area contributed by atoms with Crippen molar-refractivity contribution < 1.29 is 4.79 Å². The van der Waals surface area contributed by atoms with E-state index in [-0.39, 0.29) is 11.6 Å². The van der Waals surface area contributed by atoms with E-state index in [1.807, 2.05) is 30.3 Å². The molecule has 3 N–H and O–H groups in total. The van der Waals surface area contributed by atoms with Crippen molar-refractivity contribution >= 4 is 49.3 Å². The molecule has 0 spiro atoms. The molecule has 0 unspecified atom stereocenters. The van der Waals surface area contributed by atoms with Crippen LogP contribution in [0, 0.1) is 0 Å². The lowest BCUT2D eigenvalue weighted by molar-refractivity contribution is 0.102. The first-order valence-corrected chi connectivity index (χ1v) is 8.12. The second-order valence-corrected chi connectivity index (χ2v) is 6.29. The van der Waals surface area contributed by atoms with Crippen LogP contribution in [0.2, 0.25) is 0 Å². The summed E-state index contributed by atoms with van der Waals surface area (Å²) in [5, 5.41) is 4.74. The molecule has 4 rings (SSSR count). The van der Waals surface area contributed by atoms with Crippen molar-refractivity contribution in [2.45, 2.75) is 0 Å². The topological polar surface area (TPSA) is 77.8 Å². The van der Waals surface area contributed by atoms with E-state index in [4.69, 9.17) is 0 Å². The first-order chi connectivity index (χ1) is 11.6. The number of carbonyl (C=O) groups excluding carboxylic acids is 1. The smallest absolute Gasteiger partial charge is 0.322 e. The van der Waals surface area contributed by atoms with Gasteiger partial charge in [-0.25, -0.2) is 4.79 Å². The Hall–Kier alpha value is -2.86. The zero-order valence-corrected chi connectivity index (χ0v) is 14.0. The Morgan fingerprint density at radius 2 is 1.67 bits per heavy atom. The van der Waals surface area contributed by atoms with E-state index in [9.17, 15) is 9.59 Å². The molecule has 1 amide bonds. The molecule has 0 atom stereocenters. The predicted molar refractivity (Wildman–Crippen MR) is 98.5 cm³/mol. The molecule has 0 bridgehead atoms. The Bertz CT molecular complexity index is 1140. The molecule has 0 saturated heterocycles. The van der Waals surface area contributed by atoms with E-state index in [1.165, 1.54) is 0 Å². The van der Waals surface area contributed by atoms with Gasteiger partial charge in [-0.15, -0.1) is 0 Å². The van der Waals surface area contributed by atoms with Gasteiger partial charge in [-0.05, 0) is 41.1 Å². The second-order valence-electron chi connectivity index (χ2n) is 5.43. The number of imidazole rings is 1. The van der Waals surface area contributed by atoms with Gasteiger partial charge in [-0.3, -0.25) is 4.79 Å². The minimum absolute atomic E-state index is 0.198. The maximum Gasteiger partial charge on any atom is 0.323 e. The quantitative estimate of drug-likeness (QED) is 0.490. The molecule has 0 aliphatic carbocycles. The molecule has 1 heterocycles. The highest BCUT2D eigenvalue weighted by Gasteiger charge is 2.12. The largest absolute Gasteiger partial charge is 0.323 e. The number of nitrogens with one attached hydrogen (secondary N) is 3. The number of fused-ring (bicyclic) bond motifs is 2. The molecular formula is C18H12BrN3O2. The molecule has 24 heavy (non-hydrogen) atoms. The highest BCUT2D eigenvalue weighted by atomic mass is 79.9. The fraction of sp³-hybridized carbons (Fsp3) is 0. The van der Waals surface area contributed by atoms with Crippen LogP contribution in [0.5, 0.6) is 0 Å². The minimum Gasteiger partial charge on any atom is -0.322 e. The average Bonchev–Trinajstić information content (AvgIpc) is 2.94. The van der Waals surface area contributed by atoms with Crippen LogP contribution in [0.15, 0.2) is 63.9 Å². The molecule has 0 aliphatic heterocycles. The molecule has 5 nitrogen and oxygen atoms in total. The number of aromatic amines is 2. The summed E-state index contributed by atoms with van der Waals surface area (Å²) in [5.41, 5.74) is 2.30. The van der Waals surface area contributed by atoms with Crippen molar-refractivity contribution in [3.05, 3.63) is 75.1 Å². The van der Waals surface area contributed by atoms with Gasteiger partial charge in [0.15, 0.2) is 0 Å². The van der Waals surface area contributed by atoms with Gasteiger partial charge < -0.3 is 15.3 Å². The molecule has 118 valence electrons. The first kappa shape index (κ1) is 14.7. The fourth-order valence-corrected chi connectivity index (χ4v) is 3.28. The van der Waals surface area contributed by atoms with Crippen molar-refractivity contribution in [1.82, 2.24) is 9.97 Å². The second kappa shape index (κ2) is 5.65. The highest BCUT2D eigenvalue weighted by Crippen LogP contribution is 2.27. The number of halogens is 1. The molecular weight excluding hydrogens is 370 g/mol. The SMILES string of the molecule is O=C(Nc1ccc2[nH]c(=O)[nH]c2c1)c1cccc2c(Br)cccc12. The van der Waals surface area contributed by atoms with Crippen LogP contribution >= 0.6 is 15.9 Å². The van der Waals surface area contributed by atoms with Crippen molar-refractivity contribution in [2.24, 2.45) is 0 Å². The third-order valence-electron chi connectivity index (χ3n) is 3.89. The first-order valence-electron chi connectivity index (χ1n) is 7.32. The van der Waals surface area contributed by atoms with Crippen LogP contribution in [-0.2, 0) is 0 Å².